The summed E-state index contributed by atoms with van der Waals surface area (Å²) in [6.45, 7) is 10.1. The standard InChI is InChI=1S/C23H31N3O6/c1-5-19(28)24-15-6-7-18(27)17(12-15)20(29)26-14-16(25-21(30)32-22(2,3)4)13-23(26)8-10-31-11-9-23/h5-7,12,16,27H,1,8-11,13-14H2,2-4H3,(H,24,28)(H,25,30). The van der Waals surface area contributed by atoms with Crippen molar-refractivity contribution in [2.45, 2.75) is 57.2 Å². The summed E-state index contributed by atoms with van der Waals surface area (Å²) < 4.78 is 10.9. The summed E-state index contributed by atoms with van der Waals surface area (Å²) in [5.74, 6) is -0.970. The second-order valence-corrected chi connectivity index (χ2v) is 9.23. The van der Waals surface area contributed by atoms with E-state index in [-0.39, 0.29) is 29.8 Å². The van der Waals surface area contributed by atoms with E-state index in [0.29, 0.717) is 38.2 Å². The Balaban J connectivity index is 1.84. The quantitative estimate of drug-likeness (QED) is 0.485. The highest BCUT2D eigenvalue weighted by atomic mass is 16.6. The van der Waals surface area contributed by atoms with E-state index < -0.39 is 23.1 Å². The van der Waals surface area contributed by atoms with Gasteiger partial charge in [-0.1, -0.05) is 6.58 Å². The summed E-state index contributed by atoms with van der Waals surface area (Å²) in [6.07, 6.45) is 2.40. The summed E-state index contributed by atoms with van der Waals surface area (Å²) in [7, 11) is 0. The molecule has 9 nitrogen and oxygen atoms in total. The highest BCUT2D eigenvalue weighted by Crippen LogP contribution is 2.40. The van der Waals surface area contributed by atoms with E-state index >= 15 is 0 Å². The fourth-order valence-electron chi connectivity index (χ4n) is 4.27. The van der Waals surface area contributed by atoms with Crippen LogP contribution in [-0.4, -0.2) is 64.9 Å². The fraction of sp³-hybridized carbons (Fsp3) is 0.522. The van der Waals surface area contributed by atoms with Crippen LogP contribution < -0.4 is 10.6 Å². The molecular weight excluding hydrogens is 414 g/mol. The molecule has 9 heteroatoms. The Morgan fingerprint density at radius 2 is 1.97 bits per heavy atom. The molecule has 0 aliphatic carbocycles. The van der Waals surface area contributed by atoms with Crippen molar-refractivity contribution in [3.8, 4) is 5.75 Å². The van der Waals surface area contributed by atoms with Crippen molar-refractivity contribution in [2.75, 3.05) is 25.1 Å². The fourth-order valence-corrected chi connectivity index (χ4v) is 4.27. The average Bonchev–Trinajstić information content (AvgIpc) is 3.04. The number of likely N-dealkylation sites (tertiary alicyclic amines) is 1. The van der Waals surface area contributed by atoms with Crippen molar-refractivity contribution in [3.63, 3.8) is 0 Å². The lowest BCUT2D eigenvalue weighted by atomic mass is 9.86. The number of nitrogens with zero attached hydrogens (tertiary/aromatic N) is 1. The molecule has 174 valence electrons. The number of rotatable bonds is 4. The number of carbonyl (C=O) groups is 3. The molecule has 0 saturated carbocycles. The van der Waals surface area contributed by atoms with E-state index in [9.17, 15) is 19.5 Å². The zero-order valence-electron chi connectivity index (χ0n) is 18.8. The molecule has 2 aliphatic rings. The third kappa shape index (κ3) is 5.40. The van der Waals surface area contributed by atoms with Gasteiger partial charge in [0.1, 0.15) is 11.4 Å². The molecule has 0 bridgehead atoms. The molecule has 1 aromatic rings. The van der Waals surface area contributed by atoms with Crippen molar-refractivity contribution in [2.24, 2.45) is 0 Å². The average molecular weight is 446 g/mol. The van der Waals surface area contributed by atoms with E-state index in [0.717, 1.165) is 6.08 Å². The molecular formula is C23H31N3O6. The third-order valence-electron chi connectivity index (χ3n) is 5.67. The van der Waals surface area contributed by atoms with Crippen LogP contribution in [-0.2, 0) is 14.3 Å². The maximum atomic E-state index is 13.6. The Labute approximate surface area is 187 Å². The SMILES string of the molecule is C=CC(=O)Nc1ccc(O)c(C(=O)N2CC(NC(=O)OC(C)(C)C)CC23CCOCC3)c1. The van der Waals surface area contributed by atoms with Crippen molar-refractivity contribution in [3.05, 3.63) is 36.4 Å². The minimum absolute atomic E-state index is 0.0793. The smallest absolute Gasteiger partial charge is 0.407 e. The number of amides is 3. The Bertz CT molecular complexity index is 901. The number of nitrogens with one attached hydrogen (secondary N) is 2. The monoisotopic (exact) mass is 445 g/mol. The number of hydrogen-bond acceptors (Lipinski definition) is 6. The van der Waals surface area contributed by atoms with E-state index in [4.69, 9.17) is 9.47 Å². The van der Waals surface area contributed by atoms with E-state index in [1.54, 1.807) is 25.7 Å². The van der Waals surface area contributed by atoms with Gasteiger partial charge in [0.15, 0.2) is 0 Å². The Morgan fingerprint density at radius 1 is 1.28 bits per heavy atom. The molecule has 3 N–H and O–H groups in total. The minimum Gasteiger partial charge on any atom is -0.507 e. The molecule has 2 fully saturated rings. The Morgan fingerprint density at radius 3 is 2.59 bits per heavy atom. The molecule has 3 rings (SSSR count). The molecule has 3 amide bonds. The first-order valence-corrected chi connectivity index (χ1v) is 10.7. The number of ether oxygens (including phenoxy) is 2. The maximum Gasteiger partial charge on any atom is 0.407 e. The van der Waals surface area contributed by atoms with Crippen molar-refractivity contribution < 1.29 is 29.0 Å². The Kier molecular flexibility index (Phi) is 6.78. The number of phenols is 1. The number of alkyl carbamates (subject to hydrolysis) is 1. The second-order valence-electron chi connectivity index (χ2n) is 9.23. The number of aromatic hydroxyl groups is 1. The molecule has 2 aliphatic heterocycles. The van der Waals surface area contributed by atoms with Gasteiger partial charge in [0.2, 0.25) is 5.91 Å². The second kappa shape index (κ2) is 9.20. The van der Waals surface area contributed by atoms with Crippen molar-refractivity contribution in [1.82, 2.24) is 10.2 Å². The van der Waals surface area contributed by atoms with Gasteiger partial charge >= 0.3 is 6.09 Å². The molecule has 1 aromatic carbocycles. The van der Waals surface area contributed by atoms with Crippen LogP contribution in [0.3, 0.4) is 0 Å². The summed E-state index contributed by atoms with van der Waals surface area (Å²) in [5, 5.41) is 15.9. The topological polar surface area (TPSA) is 117 Å². The minimum atomic E-state index is -0.628. The maximum absolute atomic E-state index is 13.6. The Hall–Kier alpha value is -3.07. The highest BCUT2D eigenvalue weighted by Gasteiger charge is 2.49. The van der Waals surface area contributed by atoms with Crippen LogP contribution in [0.25, 0.3) is 0 Å². The number of phenolic OH excluding ortho intramolecular Hbond substituents is 1. The molecule has 0 radical (unpaired) electrons. The molecule has 1 unspecified atom stereocenters. The lowest BCUT2D eigenvalue weighted by Crippen LogP contribution is -2.50. The normalized spacial score (nSPS) is 20.0. The van der Waals surface area contributed by atoms with Gasteiger partial charge in [0, 0.05) is 31.0 Å². The van der Waals surface area contributed by atoms with E-state index in [2.05, 4.69) is 17.2 Å². The van der Waals surface area contributed by atoms with Gasteiger partial charge < -0.3 is 30.1 Å². The van der Waals surface area contributed by atoms with Gasteiger partial charge in [-0.05, 0) is 64.3 Å². The highest BCUT2D eigenvalue weighted by molar-refractivity contribution is 6.02. The van der Waals surface area contributed by atoms with Crippen LogP contribution in [0, 0.1) is 0 Å². The number of benzene rings is 1. The van der Waals surface area contributed by atoms with Crippen LogP contribution in [0.4, 0.5) is 10.5 Å². The van der Waals surface area contributed by atoms with Crippen LogP contribution >= 0.6 is 0 Å². The van der Waals surface area contributed by atoms with Crippen LogP contribution in [0.5, 0.6) is 5.75 Å². The number of carbonyl (C=O) groups excluding carboxylic acids is 3. The molecule has 2 saturated heterocycles. The lowest BCUT2D eigenvalue weighted by molar-refractivity contribution is -0.111. The van der Waals surface area contributed by atoms with Gasteiger partial charge in [-0.2, -0.15) is 0 Å². The third-order valence-corrected chi connectivity index (χ3v) is 5.67. The van der Waals surface area contributed by atoms with Gasteiger partial charge in [-0.15, -0.1) is 0 Å². The first-order valence-electron chi connectivity index (χ1n) is 10.7. The zero-order valence-corrected chi connectivity index (χ0v) is 18.8. The molecule has 1 atom stereocenters. The van der Waals surface area contributed by atoms with Crippen molar-refractivity contribution in [1.29, 1.82) is 0 Å². The lowest BCUT2D eigenvalue weighted by Gasteiger charge is -2.41. The summed E-state index contributed by atoms with van der Waals surface area (Å²) >= 11 is 0. The van der Waals surface area contributed by atoms with Crippen molar-refractivity contribution >= 4 is 23.6 Å². The predicted octanol–water partition coefficient (Wildman–Crippen LogP) is 2.81. The van der Waals surface area contributed by atoms with Gasteiger partial charge in [-0.3, -0.25) is 9.59 Å². The van der Waals surface area contributed by atoms with Crippen LogP contribution in [0.15, 0.2) is 30.9 Å². The molecule has 1 spiro atoms. The molecule has 32 heavy (non-hydrogen) atoms. The van der Waals surface area contributed by atoms with Crippen LogP contribution in [0.1, 0.15) is 50.4 Å². The molecule has 0 aromatic heterocycles. The first kappa shape index (κ1) is 23.6. The number of hydrogen-bond donors (Lipinski definition) is 3. The van der Waals surface area contributed by atoms with Gasteiger partial charge in [-0.25, -0.2) is 4.79 Å². The summed E-state index contributed by atoms with van der Waals surface area (Å²) in [5.41, 5.74) is -0.672. The van der Waals surface area contributed by atoms with Crippen LogP contribution in [0.2, 0.25) is 0 Å². The predicted molar refractivity (Wildman–Crippen MR) is 119 cm³/mol. The zero-order chi connectivity index (χ0) is 23.5. The molecule has 2 heterocycles. The summed E-state index contributed by atoms with van der Waals surface area (Å²) in [6, 6.07) is 4.03. The summed E-state index contributed by atoms with van der Waals surface area (Å²) in [4.78, 5) is 39.2. The largest absolute Gasteiger partial charge is 0.507 e. The number of anilines is 1. The van der Waals surface area contributed by atoms with E-state index in [1.165, 1.54) is 18.2 Å². The van der Waals surface area contributed by atoms with E-state index in [1.807, 2.05) is 0 Å². The van der Waals surface area contributed by atoms with Gasteiger partial charge in [0.25, 0.3) is 5.91 Å². The van der Waals surface area contributed by atoms with Gasteiger partial charge in [0.05, 0.1) is 11.6 Å². The first-order chi connectivity index (χ1) is 15.0.